The Morgan fingerprint density at radius 3 is 2.76 bits per heavy atom. The molecular formula is C21H24F3N3O2. The molecule has 0 fully saturated rings. The van der Waals surface area contributed by atoms with Gasteiger partial charge in [-0.25, -0.2) is 0 Å². The zero-order chi connectivity index (χ0) is 21.0. The van der Waals surface area contributed by atoms with E-state index in [1.54, 1.807) is 6.08 Å². The second kappa shape index (κ2) is 8.65. The van der Waals surface area contributed by atoms with Crippen molar-refractivity contribution in [1.82, 2.24) is 10.6 Å². The van der Waals surface area contributed by atoms with E-state index < -0.39 is 11.7 Å². The molecule has 4 N–H and O–H groups in total. The van der Waals surface area contributed by atoms with E-state index in [4.69, 9.17) is 15.2 Å². The molecule has 156 valence electrons. The van der Waals surface area contributed by atoms with E-state index in [1.165, 1.54) is 19.2 Å². The zero-order valence-electron chi connectivity index (χ0n) is 16.3. The highest BCUT2D eigenvalue weighted by molar-refractivity contribution is 5.55. The topological polar surface area (TPSA) is 68.5 Å². The Hall–Kier alpha value is -2.87. The van der Waals surface area contributed by atoms with Crippen LogP contribution in [0.1, 0.15) is 18.9 Å². The highest BCUT2D eigenvalue weighted by Gasteiger charge is 2.34. The predicted octanol–water partition coefficient (Wildman–Crippen LogP) is 3.58. The van der Waals surface area contributed by atoms with Crippen LogP contribution in [0, 0.1) is 0 Å². The van der Waals surface area contributed by atoms with Gasteiger partial charge in [0, 0.05) is 23.9 Å². The quantitative estimate of drug-likeness (QED) is 0.603. The van der Waals surface area contributed by atoms with Crippen molar-refractivity contribution in [2.75, 3.05) is 20.2 Å². The van der Waals surface area contributed by atoms with Crippen molar-refractivity contribution in [3.05, 3.63) is 76.5 Å². The molecule has 29 heavy (non-hydrogen) atoms. The summed E-state index contributed by atoms with van der Waals surface area (Å²) in [7, 11) is 1.50. The number of hydrogen-bond acceptors (Lipinski definition) is 5. The molecule has 1 aromatic rings. The molecule has 0 amide bonds. The van der Waals surface area contributed by atoms with Gasteiger partial charge >= 0.3 is 6.18 Å². The molecule has 8 heteroatoms. The second-order valence-electron chi connectivity index (χ2n) is 6.72. The van der Waals surface area contributed by atoms with Gasteiger partial charge in [-0.15, -0.1) is 0 Å². The Kier molecular flexibility index (Phi) is 6.22. The fourth-order valence-corrected chi connectivity index (χ4v) is 3.25. The number of ether oxygens (including phenoxy) is 2. The van der Waals surface area contributed by atoms with Crippen molar-refractivity contribution in [1.29, 1.82) is 0 Å². The molecule has 0 bridgehead atoms. The van der Waals surface area contributed by atoms with Crippen LogP contribution in [0.25, 0.3) is 0 Å². The maximum Gasteiger partial charge on any atom is 0.416 e. The van der Waals surface area contributed by atoms with Crippen molar-refractivity contribution in [2.45, 2.75) is 25.6 Å². The van der Waals surface area contributed by atoms with Crippen molar-refractivity contribution in [3.8, 4) is 5.75 Å². The first-order valence-electron chi connectivity index (χ1n) is 9.27. The molecule has 0 saturated carbocycles. The van der Waals surface area contributed by atoms with Gasteiger partial charge in [0.2, 0.25) is 0 Å². The lowest BCUT2D eigenvalue weighted by Crippen LogP contribution is -2.41. The summed E-state index contributed by atoms with van der Waals surface area (Å²) in [5, 5.41) is 6.63. The first-order chi connectivity index (χ1) is 13.8. The maximum absolute atomic E-state index is 13.1. The van der Waals surface area contributed by atoms with E-state index in [0.29, 0.717) is 24.6 Å². The molecule has 0 radical (unpaired) electrons. The van der Waals surface area contributed by atoms with E-state index in [-0.39, 0.29) is 11.8 Å². The number of nitrogens with one attached hydrogen (secondary N) is 2. The number of benzene rings is 1. The largest absolute Gasteiger partial charge is 0.493 e. The minimum Gasteiger partial charge on any atom is -0.493 e. The van der Waals surface area contributed by atoms with Crippen LogP contribution in [0.2, 0.25) is 0 Å². The average Bonchev–Trinajstić information content (AvgIpc) is 2.69. The number of rotatable bonds is 7. The Labute approximate surface area is 167 Å². The molecular weight excluding hydrogens is 383 g/mol. The van der Waals surface area contributed by atoms with E-state index in [2.05, 4.69) is 10.6 Å². The molecule has 1 aromatic carbocycles. The lowest BCUT2D eigenvalue weighted by Gasteiger charge is -2.33. The summed E-state index contributed by atoms with van der Waals surface area (Å²) < 4.78 is 50.7. The molecule has 1 unspecified atom stereocenters. The van der Waals surface area contributed by atoms with Gasteiger partial charge in [0.15, 0.2) is 11.5 Å². The first-order valence-corrected chi connectivity index (χ1v) is 9.27. The SMILES string of the molecule is COC1=C(Oc2cccc(C(F)(F)F)c2)C2=C(C)C=CNC2C(NCCCN)=C1. The number of methoxy groups -OCH3 is 1. The standard InChI is InChI=1S/C21H24F3N3O2/c1-13-7-10-27-19-16(26-9-4-8-25)12-17(28-2)20(18(13)19)29-15-6-3-5-14(11-15)21(22,23)24/h3,5-7,10-12,19,26-27H,4,8-9,25H2,1-2H3. The Bertz CT molecular complexity index is 885. The number of nitrogens with two attached hydrogens (primary N) is 1. The number of dihydropyridines is 1. The molecule has 2 aliphatic rings. The van der Waals surface area contributed by atoms with Crippen LogP contribution >= 0.6 is 0 Å². The normalized spacial score (nSPS) is 18.8. The summed E-state index contributed by atoms with van der Waals surface area (Å²) >= 11 is 0. The average molecular weight is 407 g/mol. The van der Waals surface area contributed by atoms with Gasteiger partial charge in [-0.05, 0) is 55.9 Å². The van der Waals surface area contributed by atoms with Crippen LogP contribution in [0.15, 0.2) is 71.0 Å². The van der Waals surface area contributed by atoms with E-state index in [0.717, 1.165) is 35.4 Å². The molecule has 0 saturated heterocycles. The number of halogens is 3. The summed E-state index contributed by atoms with van der Waals surface area (Å²) in [6.07, 6.45) is 1.88. The van der Waals surface area contributed by atoms with Gasteiger partial charge in [0.05, 0.1) is 18.7 Å². The highest BCUT2D eigenvalue weighted by atomic mass is 19.4. The predicted molar refractivity (Wildman–Crippen MR) is 105 cm³/mol. The van der Waals surface area contributed by atoms with Crippen molar-refractivity contribution < 1.29 is 22.6 Å². The number of allylic oxidation sites excluding steroid dienone is 3. The maximum atomic E-state index is 13.1. The summed E-state index contributed by atoms with van der Waals surface area (Å²) in [6.45, 7) is 3.18. The van der Waals surface area contributed by atoms with E-state index >= 15 is 0 Å². The molecule has 0 aromatic heterocycles. The molecule has 5 nitrogen and oxygen atoms in total. The third-order valence-corrected chi connectivity index (χ3v) is 4.69. The number of alkyl halides is 3. The van der Waals surface area contributed by atoms with Crippen LogP contribution in [0.5, 0.6) is 5.75 Å². The van der Waals surface area contributed by atoms with Crippen LogP contribution in [-0.4, -0.2) is 26.2 Å². The summed E-state index contributed by atoms with van der Waals surface area (Å²) in [6, 6.07) is 4.58. The lowest BCUT2D eigenvalue weighted by molar-refractivity contribution is -0.137. The number of fused-ring (bicyclic) bond motifs is 1. The minimum absolute atomic E-state index is 0.0888. The smallest absolute Gasteiger partial charge is 0.416 e. The van der Waals surface area contributed by atoms with Crippen LogP contribution in [0.4, 0.5) is 13.2 Å². The Morgan fingerprint density at radius 1 is 1.28 bits per heavy atom. The van der Waals surface area contributed by atoms with Gasteiger partial charge in [-0.3, -0.25) is 0 Å². The molecule has 1 atom stereocenters. The van der Waals surface area contributed by atoms with Crippen molar-refractivity contribution >= 4 is 0 Å². The van der Waals surface area contributed by atoms with Gasteiger partial charge in [0.1, 0.15) is 5.75 Å². The minimum atomic E-state index is -4.45. The Morgan fingerprint density at radius 2 is 2.07 bits per heavy atom. The molecule has 3 rings (SSSR count). The van der Waals surface area contributed by atoms with Crippen molar-refractivity contribution in [2.24, 2.45) is 5.73 Å². The summed E-state index contributed by atoms with van der Waals surface area (Å²) in [4.78, 5) is 0. The van der Waals surface area contributed by atoms with E-state index in [1.807, 2.05) is 19.2 Å². The van der Waals surface area contributed by atoms with Gasteiger partial charge < -0.3 is 25.8 Å². The fourth-order valence-electron chi connectivity index (χ4n) is 3.25. The first kappa shape index (κ1) is 20.9. The van der Waals surface area contributed by atoms with Crippen LogP contribution < -0.4 is 21.1 Å². The third-order valence-electron chi connectivity index (χ3n) is 4.69. The molecule has 1 aliphatic carbocycles. The zero-order valence-corrected chi connectivity index (χ0v) is 16.3. The second-order valence-corrected chi connectivity index (χ2v) is 6.72. The molecule has 0 spiro atoms. The summed E-state index contributed by atoms with van der Waals surface area (Å²) in [5.41, 5.74) is 7.42. The third kappa shape index (κ3) is 4.59. The van der Waals surface area contributed by atoms with Gasteiger partial charge in [-0.2, -0.15) is 13.2 Å². The van der Waals surface area contributed by atoms with Gasteiger partial charge in [-0.1, -0.05) is 6.07 Å². The van der Waals surface area contributed by atoms with Gasteiger partial charge in [0.25, 0.3) is 0 Å². The number of hydrogen-bond donors (Lipinski definition) is 3. The van der Waals surface area contributed by atoms with Crippen molar-refractivity contribution in [3.63, 3.8) is 0 Å². The molecule has 1 aliphatic heterocycles. The van der Waals surface area contributed by atoms with E-state index in [9.17, 15) is 13.2 Å². The lowest BCUT2D eigenvalue weighted by atomic mass is 9.89. The van der Waals surface area contributed by atoms with Crippen LogP contribution in [-0.2, 0) is 10.9 Å². The Balaban J connectivity index is 2.01. The highest BCUT2D eigenvalue weighted by Crippen LogP contribution is 2.37. The van der Waals surface area contributed by atoms with Crippen LogP contribution in [0.3, 0.4) is 0 Å². The molecule has 1 heterocycles. The fraction of sp³-hybridized carbons (Fsp3) is 0.333. The summed E-state index contributed by atoms with van der Waals surface area (Å²) in [5.74, 6) is 0.904. The monoisotopic (exact) mass is 407 g/mol.